The molecule has 0 aromatic carbocycles. The molecular weight excluding hydrogens is 150 g/mol. The standard InChI is InChI=1S/C10H19NO/c1-9(2)7-11-8-10-5-3-4-6-12-10/h4,6,9-11H,3,5,7-8H2,1-2H3. The summed E-state index contributed by atoms with van der Waals surface area (Å²) >= 11 is 0. The molecule has 0 radical (unpaired) electrons. The maximum Gasteiger partial charge on any atom is 0.110 e. The number of allylic oxidation sites excluding steroid dienone is 1. The highest BCUT2D eigenvalue weighted by atomic mass is 16.5. The predicted molar refractivity (Wildman–Crippen MR) is 51.0 cm³/mol. The highest BCUT2D eigenvalue weighted by Crippen LogP contribution is 2.08. The Bertz CT molecular complexity index is 143. The quantitative estimate of drug-likeness (QED) is 0.694. The average molecular weight is 169 g/mol. The topological polar surface area (TPSA) is 21.3 Å². The van der Waals surface area contributed by atoms with Crippen molar-refractivity contribution in [3.63, 3.8) is 0 Å². The van der Waals surface area contributed by atoms with Gasteiger partial charge >= 0.3 is 0 Å². The number of hydrogen-bond donors (Lipinski definition) is 1. The SMILES string of the molecule is CC(C)CNCC1CCC=CO1. The van der Waals surface area contributed by atoms with E-state index in [9.17, 15) is 0 Å². The van der Waals surface area contributed by atoms with Gasteiger partial charge in [0.05, 0.1) is 6.26 Å². The number of ether oxygens (including phenoxy) is 1. The van der Waals surface area contributed by atoms with Crippen molar-refractivity contribution in [2.75, 3.05) is 13.1 Å². The van der Waals surface area contributed by atoms with Crippen LogP contribution in [0.4, 0.5) is 0 Å². The van der Waals surface area contributed by atoms with Crippen molar-refractivity contribution in [2.24, 2.45) is 5.92 Å². The van der Waals surface area contributed by atoms with Crippen LogP contribution in [0.3, 0.4) is 0 Å². The number of nitrogens with one attached hydrogen (secondary N) is 1. The molecule has 1 aliphatic rings. The third-order valence-corrected chi connectivity index (χ3v) is 1.95. The Balaban J connectivity index is 2.03. The molecule has 1 rings (SSSR count). The summed E-state index contributed by atoms with van der Waals surface area (Å²) in [6.45, 7) is 6.51. The fraction of sp³-hybridized carbons (Fsp3) is 0.800. The van der Waals surface area contributed by atoms with Gasteiger partial charge in [0, 0.05) is 6.54 Å². The molecule has 1 unspecified atom stereocenters. The van der Waals surface area contributed by atoms with Crippen LogP contribution in [0.2, 0.25) is 0 Å². The zero-order chi connectivity index (χ0) is 8.81. The molecular formula is C10H19NO. The Kier molecular flexibility index (Phi) is 4.15. The smallest absolute Gasteiger partial charge is 0.110 e. The molecule has 2 heteroatoms. The Morgan fingerprint density at radius 1 is 1.58 bits per heavy atom. The summed E-state index contributed by atoms with van der Waals surface area (Å²) in [7, 11) is 0. The highest BCUT2D eigenvalue weighted by molar-refractivity contribution is 4.82. The Morgan fingerprint density at radius 2 is 2.42 bits per heavy atom. The number of hydrogen-bond acceptors (Lipinski definition) is 2. The monoisotopic (exact) mass is 169 g/mol. The van der Waals surface area contributed by atoms with Crippen molar-refractivity contribution >= 4 is 0 Å². The van der Waals surface area contributed by atoms with Crippen molar-refractivity contribution in [2.45, 2.75) is 32.8 Å². The van der Waals surface area contributed by atoms with Crippen LogP contribution in [-0.4, -0.2) is 19.2 Å². The Morgan fingerprint density at radius 3 is 3.00 bits per heavy atom. The van der Waals surface area contributed by atoms with Gasteiger partial charge in [-0.1, -0.05) is 13.8 Å². The first-order valence-electron chi connectivity index (χ1n) is 4.80. The fourth-order valence-electron chi connectivity index (χ4n) is 1.27. The van der Waals surface area contributed by atoms with E-state index in [0.29, 0.717) is 6.10 Å². The van der Waals surface area contributed by atoms with Crippen LogP contribution in [0.25, 0.3) is 0 Å². The van der Waals surface area contributed by atoms with E-state index in [0.717, 1.165) is 31.8 Å². The molecule has 0 spiro atoms. The number of rotatable bonds is 4. The molecule has 1 atom stereocenters. The second kappa shape index (κ2) is 5.20. The second-order valence-electron chi connectivity index (χ2n) is 3.76. The summed E-state index contributed by atoms with van der Waals surface area (Å²) in [5.74, 6) is 0.726. The molecule has 0 aromatic heterocycles. The first-order chi connectivity index (χ1) is 5.79. The van der Waals surface area contributed by atoms with Gasteiger partial charge in [0.2, 0.25) is 0 Å². The van der Waals surface area contributed by atoms with E-state index >= 15 is 0 Å². The lowest BCUT2D eigenvalue weighted by Gasteiger charge is -2.20. The van der Waals surface area contributed by atoms with E-state index in [2.05, 4.69) is 25.2 Å². The molecule has 0 amide bonds. The molecule has 0 aromatic rings. The minimum Gasteiger partial charge on any atom is -0.497 e. The zero-order valence-electron chi connectivity index (χ0n) is 8.05. The van der Waals surface area contributed by atoms with Crippen LogP contribution in [0.15, 0.2) is 12.3 Å². The molecule has 0 bridgehead atoms. The van der Waals surface area contributed by atoms with Crippen LogP contribution in [-0.2, 0) is 4.74 Å². The van der Waals surface area contributed by atoms with Gasteiger partial charge in [-0.25, -0.2) is 0 Å². The summed E-state index contributed by atoms with van der Waals surface area (Å²) in [4.78, 5) is 0. The van der Waals surface area contributed by atoms with E-state index in [1.54, 1.807) is 0 Å². The van der Waals surface area contributed by atoms with Crippen LogP contribution in [0, 0.1) is 5.92 Å². The highest BCUT2D eigenvalue weighted by Gasteiger charge is 2.09. The maximum absolute atomic E-state index is 5.42. The zero-order valence-corrected chi connectivity index (χ0v) is 8.05. The third-order valence-electron chi connectivity index (χ3n) is 1.95. The van der Waals surface area contributed by atoms with Crippen molar-refractivity contribution in [1.29, 1.82) is 0 Å². The molecule has 12 heavy (non-hydrogen) atoms. The molecule has 1 aliphatic heterocycles. The molecule has 70 valence electrons. The molecule has 0 fully saturated rings. The molecule has 0 aliphatic carbocycles. The van der Waals surface area contributed by atoms with Crippen LogP contribution < -0.4 is 5.32 Å². The molecule has 0 saturated carbocycles. The fourth-order valence-corrected chi connectivity index (χ4v) is 1.27. The van der Waals surface area contributed by atoms with E-state index < -0.39 is 0 Å². The van der Waals surface area contributed by atoms with E-state index in [4.69, 9.17) is 4.74 Å². The Hall–Kier alpha value is -0.500. The molecule has 1 heterocycles. The lowest BCUT2D eigenvalue weighted by atomic mass is 10.1. The summed E-state index contributed by atoms with van der Waals surface area (Å²) < 4.78 is 5.42. The van der Waals surface area contributed by atoms with Crippen molar-refractivity contribution in [1.82, 2.24) is 5.32 Å². The summed E-state index contributed by atoms with van der Waals surface area (Å²) in [6, 6.07) is 0. The maximum atomic E-state index is 5.42. The summed E-state index contributed by atoms with van der Waals surface area (Å²) in [5.41, 5.74) is 0. The minimum atomic E-state index is 0.397. The van der Waals surface area contributed by atoms with Gasteiger partial charge < -0.3 is 10.1 Å². The van der Waals surface area contributed by atoms with Gasteiger partial charge in [-0.15, -0.1) is 0 Å². The van der Waals surface area contributed by atoms with E-state index in [1.165, 1.54) is 0 Å². The minimum absolute atomic E-state index is 0.397. The van der Waals surface area contributed by atoms with Gasteiger partial charge in [0.25, 0.3) is 0 Å². The van der Waals surface area contributed by atoms with Crippen LogP contribution in [0.5, 0.6) is 0 Å². The molecule has 0 saturated heterocycles. The van der Waals surface area contributed by atoms with Gasteiger partial charge in [-0.3, -0.25) is 0 Å². The van der Waals surface area contributed by atoms with Crippen LogP contribution >= 0.6 is 0 Å². The van der Waals surface area contributed by atoms with E-state index in [1.807, 2.05) is 6.26 Å². The summed E-state index contributed by atoms with van der Waals surface area (Å²) in [6.07, 6.45) is 6.62. The predicted octanol–water partition coefficient (Wildman–Crippen LogP) is 1.92. The van der Waals surface area contributed by atoms with Crippen molar-refractivity contribution in [3.05, 3.63) is 12.3 Å². The van der Waals surface area contributed by atoms with Gasteiger partial charge in [-0.2, -0.15) is 0 Å². The molecule has 1 N–H and O–H groups in total. The summed E-state index contributed by atoms with van der Waals surface area (Å²) in [5, 5.41) is 3.40. The third kappa shape index (κ3) is 3.77. The first-order valence-corrected chi connectivity index (χ1v) is 4.80. The van der Waals surface area contributed by atoms with E-state index in [-0.39, 0.29) is 0 Å². The van der Waals surface area contributed by atoms with Crippen molar-refractivity contribution in [3.8, 4) is 0 Å². The van der Waals surface area contributed by atoms with Gasteiger partial charge in [0.15, 0.2) is 0 Å². The van der Waals surface area contributed by atoms with Gasteiger partial charge in [0.1, 0.15) is 6.10 Å². The Labute approximate surface area is 75.0 Å². The largest absolute Gasteiger partial charge is 0.497 e. The second-order valence-corrected chi connectivity index (χ2v) is 3.76. The average Bonchev–Trinajstić information content (AvgIpc) is 2.05. The lowest BCUT2D eigenvalue weighted by Crippen LogP contribution is -2.31. The van der Waals surface area contributed by atoms with Crippen molar-refractivity contribution < 1.29 is 4.74 Å². The first kappa shape index (κ1) is 9.59. The molecule has 2 nitrogen and oxygen atoms in total. The normalized spacial score (nSPS) is 22.8. The van der Waals surface area contributed by atoms with Gasteiger partial charge in [-0.05, 0) is 31.4 Å². The lowest BCUT2D eigenvalue weighted by molar-refractivity contribution is 0.122. The van der Waals surface area contributed by atoms with Crippen LogP contribution in [0.1, 0.15) is 26.7 Å².